The molecule has 5 heteroatoms. The van der Waals surface area contributed by atoms with E-state index >= 15 is 0 Å². The Morgan fingerprint density at radius 3 is 2.59 bits per heavy atom. The molecule has 0 radical (unpaired) electrons. The van der Waals surface area contributed by atoms with Crippen LogP contribution in [0.1, 0.15) is 5.69 Å². The first kappa shape index (κ1) is 12.5. The van der Waals surface area contributed by atoms with Gasteiger partial charge in [-0.1, -0.05) is 39.7 Å². The second-order valence-electron chi connectivity index (χ2n) is 3.45. The normalized spacial score (nSPS) is 10.5. The third kappa shape index (κ3) is 3.25. The molecule has 1 heterocycles. The van der Waals surface area contributed by atoms with E-state index in [4.69, 9.17) is 16.3 Å². The van der Waals surface area contributed by atoms with Crippen molar-refractivity contribution in [3.05, 3.63) is 45.7 Å². The molecule has 0 amide bonds. The standard InChI is InChI=1S/C12H10BrClN2O/c1-17-7-10-6-11(14)16-12(15-10)8-2-4-9(13)5-3-8/h2-6H,7H2,1H3. The monoisotopic (exact) mass is 312 g/mol. The van der Waals surface area contributed by atoms with Crippen LogP contribution in [0.3, 0.4) is 0 Å². The van der Waals surface area contributed by atoms with Gasteiger partial charge in [-0.05, 0) is 18.2 Å². The average Bonchev–Trinajstić information content (AvgIpc) is 2.29. The molecule has 88 valence electrons. The van der Waals surface area contributed by atoms with Crippen molar-refractivity contribution < 1.29 is 4.74 Å². The highest BCUT2D eigenvalue weighted by atomic mass is 79.9. The third-order valence-corrected chi connectivity index (χ3v) is 2.86. The van der Waals surface area contributed by atoms with Gasteiger partial charge < -0.3 is 4.74 Å². The summed E-state index contributed by atoms with van der Waals surface area (Å²) in [6.45, 7) is 0.422. The number of methoxy groups -OCH3 is 1. The van der Waals surface area contributed by atoms with E-state index in [1.807, 2.05) is 24.3 Å². The molecule has 2 aromatic rings. The fourth-order valence-electron chi connectivity index (χ4n) is 1.41. The largest absolute Gasteiger partial charge is 0.378 e. The first-order valence-electron chi connectivity index (χ1n) is 4.97. The Morgan fingerprint density at radius 2 is 1.94 bits per heavy atom. The van der Waals surface area contributed by atoms with E-state index in [9.17, 15) is 0 Å². The number of ether oxygens (including phenoxy) is 1. The van der Waals surface area contributed by atoms with E-state index in [0.717, 1.165) is 15.7 Å². The van der Waals surface area contributed by atoms with Crippen molar-refractivity contribution in [1.82, 2.24) is 9.97 Å². The molecule has 3 nitrogen and oxygen atoms in total. The molecular formula is C12H10BrClN2O. The second-order valence-corrected chi connectivity index (χ2v) is 4.75. The van der Waals surface area contributed by atoms with E-state index in [2.05, 4.69) is 25.9 Å². The highest BCUT2D eigenvalue weighted by Crippen LogP contribution is 2.20. The summed E-state index contributed by atoms with van der Waals surface area (Å²) >= 11 is 9.34. The van der Waals surface area contributed by atoms with Crippen molar-refractivity contribution in [2.45, 2.75) is 6.61 Å². The Balaban J connectivity index is 2.40. The molecule has 0 fully saturated rings. The molecule has 0 saturated carbocycles. The van der Waals surface area contributed by atoms with Crippen LogP contribution in [0, 0.1) is 0 Å². The number of aromatic nitrogens is 2. The van der Waals surface area contributed by atoms with Crippen LogP contribution in [-0.4, -0.2) is 17.1 Å². The SMILES string of the molecule is COCc1cc(Cl)nc(-c2ccc(Br)cc2)n1. The third-order valence-electron chi connectivity index (χ3n) is 2.14. The Labute approximate surface area is 113 Å². The number of nitrogens with zero attached hydrogens (tertiary/aromatic N) is 2. The maximum absolute atomic E-state index is 5.95. The van der Waals surface area contributed by atoms with E-state index in [1.165, 1.54) is 0 Å². The summed E-state index contributed by atoms with van der Waals surface area (Å²) in [4.78, 5) is 8.59. The zero-order valence-electron chi connectivity index (χ0n) is 9.15. The molecule has 1 aromatic heterocycles. The van der Waals surface area contributed by atoms with Crippen LogP contribution < -0.4 is 0 Å². The predicted octanol–water partition coefficient (Wildman–Crippen LogP) is 3.71. The highest BCUT2D eigenvalue weighted by Gasteiger charge is 2.05. The van der Waals surface area contributed by atoms with Crippen molar-refractivity contribution in [1.29, 1.82) is 0 Å². The molecule has 0 N–H and O–H groups in total. The van der Waals surface area contributed by atoms with Crippen molar-refractivity contribution >= 4 is 27.5 Å². The number of benzene rings is 1. The first-order chi connectivity index (χ1) is 8.19. The number of hydrogen-bond acceptors (Lipinski definition) is 3. The van der Waals surface area contributed by atoms with Crippen LogP contribution in [0.5, 0.6) is 0 Å². The average molecular weight is 314 g/mol. The lowest BCUT2D eigenvalue weighted by molar-refractivity contribution is 0.181. The summed E-state index contributed by atoms with van der Waals surface area (Å²) in [7, 11) is 1.62. The summed E-state index contributed by atoms with van der Waals surface area (Å²) in [6, 6.07) is 9.46. The topological polar surface area (TPSA) is 35.0 Å². The van der Waals surface area contributed by atoms with Gasteiger partial charge in [0.15, 0.2) is 5.82 Å². The number of rotatable bonds is 3. The van der Waals surface area contributed by atoms with E-state index in [-0.39, 0.29) is 0 Å². The second kappa shape index (κ2) is 5.58. The molecule has 0 atom stereocenters. The molecule has 0 spiro atoms. The van der Waals surface area contributed by atoms with Gasteiger partial charge >= 0.3 is 0 Å². The van der Waals surface area contributed by atoms with Gasteiger partial charge in [-0.2, -0.15) is 0 Å². The molecule has 0 saturated heterocycles. The van der Waals surface area contributed by atoms with E-state index < -0.39 is 0 Å². The van der Waals surface area contributed by atoms with Crippen LogP contribution in [0.2, 0.25) is 5.15 Å². The molecular weight excluding hydrogens is 304 g/mol. The molecule has 0 unspecified atom stereocenters. The van der Waals surface area contributed by atoms with Crippen LogP contribution in [0.25, 0.3) is 11.4 Å². The summed E-state index contributed by atoms with van der Waals surface area (Å²) in [6.07, 6.45) is 0. The van der Waals surface area contributed by atoms with Gasteiger partial charge in [-0.3, -0.25) is 0 Å². The van der Waals surface area contributed by atoms with Gasteiger partial charge in [0.25, 0.3) is 0 Å². The lowest BCUT2D eigenvalue weighted by Gasteiger charge is -2.04. The van der Waals surface area contributed by atoms with Crippen LogP contribution >= 0.6 is 27.5 Å². The van der Waals surface area contributed by atoms with Gasteiger partial charge in [-0.25, -0.2) is 9.97 Å². The van der Waals surface area contributed by atoms with E-state index in [1.54, 1.807) is 13.2 Å². The van der Waals surface area contributed by atoms with Crippen LogP contribution in [0.15, 0.2) is 34.8 Å². The minimum absolute atomic E-state index is 0.421. The van der Waals surface area contributed by atoms with Crippen LogP contribution in [-0.2, 0) is 11.3 Å². The Hall–Kier alpha value is -0.970. The Kier molecular flexibility index (Phi) is 4.10. The fraction of sp³-hybridized carbons (Fsp3) is 0.167. The van der Waals surface area contributed by atoms with Crippen molar-refractivity contribution in [2.75, 3.05) is 7.11 Å². The highest BCUT2D eigenvalue weighted by molar-refractivity contribution is 9.10. The zero-order valence-corrected chi connectivity index (χ0v) is 11.5. The summed E-state index contributed by atoms with van der Waals surface area (Å²) in [5, 5.41) is 0.421. The lowest BCUT2D eigenvalue weighted by atomic mass is 10.2. The zero-order chi connectivity index (χ0) is 12.3. The molecule has 0 aliphatic rings. The Morgan fingerprint density at radius 1 is 1.24 bits per heavy atom. The molecule has 17 heavy (non-hydrogen) atoms. The quantitative estimate of drug-likeness (QED) is 0.810. The molecule has 1 aromatic carbocycles. The molecule has 0 aliphatic heterocycles. The summed E-state index contributed by atoms with van der Waals surface area (Å²) in [5.74, 6) is 0.608. The minimum atomic E-state index is 0.421. The Bertz CT molecular complexity index is 516. The maximum Gasteiger partial charge on any atom is 0.161 e. The van der Waals surface area contributed by atoms with Crippen molar-refractivity contribution in [3.8, 4) is 11.4 Å². The van der Waals surface area contributed by atoms with Gasteiger partial charge in [-0.15, -0.1) is 0 Å². The lowest BCUT2D eigenvalue weighted by Crippen LogP contribution is -1.97. The number of hydrogen-bond donors (Lipinski definition) is 0. The van der Waals surface area contributed by atoms with Gasteiger partial charge in [0.2, 0.25) is 0 Å². The van der Waals surface area contributed by atoms with Gasteiger partial charge in [0.05, 0.1) is 12.3 Å². The molecule has 0 aliphatic carbocycles. The van der Waals surface area contributed by atoms with Crippen LogP contribution in [0.4, 0.5) is 0 Å². The fourth-order valence-corrected chi connectivity index (χ4v) is 1.88. The number of halogens is 2. The summed E-state index contributed by atoms with van der Waals surface area (Å²) in [5.41, 5.74) is 1.69. The first-order valence-corrected chi connectivity index (χ1v) is 6.14. The minimum Gasteiger partial charge on any atom is -0.378 e. The summed E-state index contributed by atoms with van der Waals surface area (Å²) < 4.78 is 6.05. The van der Waals surface area contributed by atoms with Crippen molar-refractivity contribution in [3.63, 3.8) is 0 Å². The van der Waals surface area contributed by atoms with Gasteiger partial charge in [0, 0.05) is 17.1 Å². The predicted molar refractivity (Wildman–Crippen MR) is 70.9 cm³/mol. The molecule has 2 rings (SSSR count). The smallest absolute Gasteiger partial charge is 0.161 e. The van der Waals surface area contributed by atoms with Crippen molar-refractivity contribution in [2.24, 2.45) is 0 Å². The maximum atomic E-state index is 5.95. The molecule has 0 bridgehead atoms. The van der Waals surface area contributed by atoms with E-state index in [0.29, 0.717) is 17.6 Å². The van der Waals surface area contributed by atoms with Gasteiger partial charge in [0.1, 0.15) is 5.15 Å².